The number of carbonyl (C=O) groups is 2. The van der Waals surface area contributed by atoms with Gasteiger partial charge in [0, 0.05) is 29.2 Å². The molecular formula is C16H16ClN3O2S. The van der Waals surface area contributed by atoms with Crippen LogP contribution < -0.4 is 4.90 Å². The number of anilines is 1. The molecule has 0 bridgehead atoms. The highest BCUT2D eigenvalue weighted by molar-refractivity contribution is 7.99. The number of thioether (sulfide) groups is 1. The Bertz CT molecular complexity index is 760. The lowest BCUT2D eigenvalue weighted by Crippen LogP contribution is -2.37. The molecule has 1 aromatic carbocycles. The van der Waals surface area contributed by atoms with Gasteiger partial charge in [0.1, 0.15) is 0 Å². The van der Waals surface area contributed by atoms with Gasteiger partial charge in [-0.1, -0.05) is 11.6 Å². The van der Waals surface area contributed by atoms with E-state index in [-0.39, 0.29) is 0 Å². The van der Waals surface area contributed by atoms with E-state index in [9.17, 15) is 9.59 Å². The van der Waals surface area contributed by atoms with Crippen molar-refractivity contribution in [1.29, 1.82) is 0 Å². The molecule has 1 aromatic heterocycles. The van der Waals surface area contributed by atoms with Gasteiger partial charge < -0.3 is 4.90 Å². The second kappa shape index (κ2) is 6.76. The summed E-state index contributed by atoms with van der Waals surface area (Å²) in [5.74, 6) is -0.172. The zero-order valence-corrected chi connectivity index (χ0v) is 14.2. The third-order valence-corrected chi connectivity index (χ3v) is 5.04. The first-order valence-electron chi connectivity index (χ1n) is 7.41. The van der Waals surface area contributed by atoms with E-state index in [1.807, 2.05) is 13.0 Å². The first-order chi connectivity index (χ1) is 11.1. The number of halogens is 1. The second-order valence-electron chi connectivity index (χ2n) is 5.18. The molecule has 7 heteroatoms. The van der Waals surface area contributed by atoms with E-state index in [2.05, 4.69) is 5.10 Å². The minimum Gasteiger partial charge on any atom is -0.304 e. The van der Waals surface area contributed by atoms with Crippen molar-refractivity contribution in [2.45, 2.75) is 24.8 Å². The summed E-state index contributed by atoms with van der Waals surface area (Å²) in [6.45, 7) is 3.08. The standard InChI is InChI=1S/C16H16ClN3O2S/c1-2-19-10-11(9-18-19)15(21)16(22)20-6-3-7-23-14-5-4-12(17)8-13(14)20/h4-5,8-10H,2-3,6-7H2,1H3. The minimum atomic E-state index is -0.539. The second-order valence-corrected chi connectivity index (χ2v) is 6.76. The summed E-state index contributed by atoms with van der Waals surface area (Å²) in [6, 6.07) is 5.44. The highest BCUT2D eigenvalue weighted by Crippen LogP contribution is 2.36. The van der Waals surface area contributed by atoms with Crippen molar-refractivity contribution in [3.05, 3.63) is 41.2 Å². The predicted octanol–water partition coefficient (Wildman–Crippen LogP) is 3.27. The molecule has 0 saturated heterocycles. The van der Waals surface area contributed by atoms with Crippen LogP contribution in [0.5, 0.6) is 0 Å². The Hall–Kier alpha value is -1.79. The van der Waals surface area contributed by atoms with E-state index in [1.54, 1.807) is 34.8 Å². The van der Waals surface area contributed by atoms with Gasteiger partial charge in [0.05, 0.1) is 17.4 Å². The topological polar surface area (TPSA) is 55.2 Å². The van der Waals surface area contributed by atoms with Gasteiger partial charge in [-0.3, -0.25) is 14.3 Å². The van der Waals surface area contributed by atoms with Crippen LogP contribution in [-0.2, 0) is 11.3 Å². The lowest BCUT2D eigenvalue weighted by Gasteiger charge is -2.21. The molecule has 0 N–H and O–H groups in total. The summed E-state index contributed by atoms with van der Waals surface area (Å²) < 4.78 is 1.63. The number of carbonyl (C=O) groups excluding carboxylic acids is 2. The summed E-state index contributed by atoms with van der Waals surface area (Å²) >= 11 is 7.75. The maximum atomic E-state index is 12.7. The number of nitrogens with zero attached hydrogens (tertiary/aromatic N) is 3. The first-order valence-corrected chi connectivity index (χ1v) is 8.77. The van der Waals surface area contributed by atoms with Gasteiger partial charge in [0.15, 0.2) is 0 Å². The number of aromatic nitrogens is 2. The Morgan fingerprint density at radius 3 is 2.96 bits per heavy atom. The van der Waals surface area contributed by atoms with Crippen LogP contribution in [0.1, 0.15) is 23.7 Å². The zero-order valence-electron chi connectivity index (χ0n) is 12.7. The van der Waals surface area contributed by atoms with E-state index < -0.39 is 11.7 Å². The molecule has 2 heterocycles. The first kappa shape index (κ1) is 16.1. The molecule has 23 heavy (non-hydrogen) atoms. The smallest absolute Gasteiger partial charge is 0.299 e. The van der Waals surface area contributed by atoms with Crippen molar-refractivity contribution in [2.24, 2.45) is 0 Å². The van der Waals surface area contributed by atoms with Gasteiger partial charge in [-0.15, -0.1) is 11.8 Å². The van der Waals surface area contributed by atoms with Crippen LogP contribution in [0.25, 0.3) is 0 Å². The van der Waals surface area contributed by atoms with Crippen LogP contribution >= 0.6 is 23.4 Å². The SMILES string of the molecule is CCn1cc(C(=O)C(=O)N2CCCSc3ccc(Cl)cc32)cn1. The summed E-state index contributed by atoms with van der Waals surface area (Å²) in [5, 5.41) is 4.61. The van der Waals surface area contributed by atoms with Gasteiger partial charge in [0.2, 0.25) is 0 Å². The average Bonchev–Trinajstić information content (AvgIpc) is 2.94. The summed E-state index contributed by atoms with van der Waals surface area (Å²) in [5.41, 5.74) is 1.03. The van der Waals surface area contributed by atoms with Crippen LogP contribution in [0.2, 0.25) is 5.02 Å². The van der Waals surface area contributed by atoms with Crippen LogP contribution in [-0.4, -0.2) is 33.8 Å². The molecule has 0 atom stereocenters. The number of amides is 1. The Balaban J connectivity index is 1.92. The zero-order chi connectivity index (χ0) is 16.4. The van der Waals surface area contributed by atoms with Crippen molar-refractivity contribution in [1.82, 2.24) is 9.78 Å². The maximum Gasteiger partial charge on any atom is 0.299 e. The number of Topliss-reactive ketones (excluding diaryl/α,β-unsaturated/α-hetero) is 1. The van der Waals surface area contributed by atoms with Crippen molar-refractivity contribution >= 4 is 40.7 Å². The summed E-state index contributed by atoms with van der Waals surface area (Å²) in [7, 11) is 0. The van der Waals surface area contributed by atoms with E-state index in [1.165, 1.54) is 11.1 Å². The largest absolute Gasteiger partial charge is 0.304 e. The molecule has 0 aliphatic carbocycles. The lowest BCUT2D eigenvalue weighted by molar-refractivity contribution is -0.114. The molecule has 5 nitrogen and oxygen atoms in total. The number of benzene rings is 1. The predicted molar refractivity (Wildman–Crippen MR) is 91.4 cm³/mol. The quantitative estimate of drug-likeness (QED) is 0.630. The van der Waals surface area contributed by atoms with Crippen molar-refractivity contribution in [3.63, 3.8) is 0 Å². The molecule has 1 aliphatic heterocycles. The number of ketones is 1. The number of hydrogen-bond donors (Lipinski definition) is 0. The van der Waals surface area contributed by atoms with E-state index in [0.717, 1.165) is 17.1 Å². The number of hydrogen-bond acceptors (Lipinski definition) is 4. The van der Waals surface area contributed by atoms with Crippen LogP contribution in [0.15, 0.2) is 35.5 Å². The molecule has 0 saturated carbocycles. The monoisotopic (exact) mass is 349 g/mol. The van der Waals surface area contributed by atoms with Crippen molar-refractivity contribution in [3.8, 4) is 0 Å². The van der Waals surface area contributed by atoms with E-state index >= 15 is 0 Å². The fraction of sp³-hybridized carbons (Fsp3) is 0.312. The number of fused-ring (bicyclic) bond motifs is 1. The fourth-order valence-corrected chi connectivity index (χ4v) is 3.60. The van der Waals surface area contributed by atoms with Gasteiger partial charge >= 0.3 is 0 Å². The maximum absolute atomic E-state index is 12.7. The fourth-order valence-electron chi connectivity index (χ4n) is 2.46. The Kier molecular flexibility index (Phi) is 4.73. The molecule has 1 amide bonds. The Morgan fingerprint density at radius 1 is 1.39 bits per heavy atom. The normalized spacial score (nSPS) is 14.3. The number of aryl methyl sites for hydroxylation is 1. The summed E-state index contributed by atoms with van der Waals surface area (Å²) in [4.78, 5) is 27.7. The third kappa shape index (κ3) is 3.28. The lowest BCUT2D eigenvalue weighted by atomic mass is 10.2. The molecule has 0 fully saturated rings. The minimum absolute atomic E-state index is 0.317. The summed E-state index contributed by atoms with van der Waals surface area (Å²) in [6.07, 6.45) is 3.87. The van der Waals surface area contributed by atoms with Crippen LogP contribution in [0.4, 0.5) is 5.69 Å². The Labute approximate surface area is 143 Å². The molecule has 120 valence electrons. The van der Waals surface area contributed by atoms with E-state index in [4.69, 9.17) is 11.6 Å². The van der Waals surface area contributed by atoms with Crippen molar-refractivity contribution in [2.75, 3.05) is 17.2 Å². The molecule has 3 rings (SSSR count). The highest BCUT2D eigenvalue weighted by Gasteiger charge is 2.28. The van der Waals surface area contributed by atoms with Gasteiger partial charge in [-0.2, -0.15) is 5.10 Å². The number of rotatable bonds is 3. The molecule has 2 aromatic rings. The molecule has 0 radical (unpaired) electrons. The highest BCUT2D eigenvalue weighted by atomic mass is 35.5. The van der Waals surface area contributed by atoms with Gasteiger partial charge in [-0.25, -0.2) is 0 Å². The van der Waals surface area contributed by atoms with E-state index in [0.29, 0.717) is 29.4 Å². The van der Waals surface area contributed by atoms with Crippen LogP contribution in [0, 0.1) is 0 Å². The van der Waals surface area contributed by atoms with Gasteiger partial charge in [-0.05, 0) is 37.3 Å². The molecule has 1 aliphatic rings. The third-order valence-electron chi connectivity index (χ3n) is 3.65. The molecule has 0 unspecified atom stereocenters. The average molecular weight is 350 g/mol. The molecule has 0 spiro atoms. The van der Waals surface area contributed by atoms with Crippen molar-refractivity contribution < 1.29 is 9.59 Å². The van der Waals surface area contributed by atoms with Gasteiger partial charge in [0.25, 0.3) is 11.7 Å². The Morgan fingerprint density at radius 2 is 2.22 bits per heavy atom. The molecular weight excluding hydrogens is 334 g/mol. The van der Waals surface area contributed by atoms with Crippen LogP contribution in [0.3, 0.4) is 0 Å².